The van der Waals surface area contributed by atoms with Crippen LogP contribution < -0.4 is 4.74 Å². The summed E-state index contributed by atoms with van der Waals surface area (Å²) in [5.74, 6) is -0.429. The minimum absolute atomic E-state index is 0.1000. The van der Waals surface area contributed by atoms with Gasteiger partial charge in [0, 0.05) is 28.8 Å². The first-order valence-electron chi connectivity index (χ1n) is 12.2. The van der Waals surface area contributed by atoms with Crippen LogP contribution in [0.4, 0.5) is 26.3 Å². The number of carbonyl (C=O) groups is 1. The van der Waals surface area contributed by atoms with E-state index in [9.17, 15) is 31.1 Å². The zero-order valence-electron chi connectivity index (χ0n) is 21.7. The molecule has 0 bridgehead atoms. The molecule has 7 nitrogen and oxygen atoms in total. The van der Waals surface area contributed by atoms with Crippen molar-refractivity contribution in [3.63, 3.8) is 0 Å². The monoisotopic (exact) mass is 575 g/mol. The summed E-state index contributed by atoms with van der Waals surface area (Å²) < 4.78 is 104. The van der Waals surface area contributed by atoms with Crippen LogP contribution in [0.15, 0.2) is 53.5 Å². The zero-order chi connectivity index (χ0) is 29.6. The van der Waals surface area contributed by atoms with Crippen LogP contribution in [0, 0.1) is 0 Å². The third-order valence-corrected chi connectivity index (χ3v) is 5.49. The van der Waals surface area contributed by atoms with Crippen molar-refractivity contribution in [2.45, 2.75) is 58.0 Å². The fraction of sp³-hybridized carbons (Fsp3) is 0.407. The molecule has 0 radical (unpaired) electrons. The molecule has 0 amide bonds. The number of rotatable bonds is 15. The van der Waals surface area contributed by atoms with Gasteiger partial charge in [-0.2, -0.15) is 17.6 Å². The molecule has 2 heterocycles. The number of aromatic nitrogens is 1. The third kappa shape index (κ3) is 8.71. The van der Waals surface area contributed by atoms with E-state index in [0.29, 0.717) is 29.2 Å². The number of hydrogen-bond donors (Lipinski definition) is 0. The normalized spacial score (nSPS) is 12.5. The average molecular weight is 576 g/mol. The van der Waals surface area contributed by atoms with E-state index in [0.717, 1.165) is 23.4 Å². The number of furan rings is 1. The van der Waals surface area contributed by atoms with Crippen molar-refractivity contribution >= 4 is 16.9 Å². The number of halogens is 6. The van der Waals surface area contributed by atoms with Gasteiger partial charge in [-0.25, -0.2) is 14.3 Å². The lowest BCUT2D eigenvalue weighted by molar-refractivity contribution is -0.514. The summed E-state index contributed by atoms with van der Waals surface area (Å²) in [5, 5.41) is 0.703. The van der Waals surface area contributed by atoms with Gasteiger partial charge < -0.3 is 13.9 Å². The first-order chi connectivity index (χ1) is 18.8. The fourth-order valence-electron chi connectivity index (χ4n) is 3.56. The summed E-state index contributed by atoms with van der Waals surface area (Å²) >= 11 is 0. The summed E-state index contributed by atoms with van der Waals surface area (Å²) in [4.78, 5) is 15.4. The lowest BCUT2D eigenvalue weighted by Gasteiger charge is -2.26. The Hall–Kier alpha value is -3.58. The number of aryl methyl sites for hydroxylation is 2. The molecule has 0 unspecified atom stereocenters. The van der Waals surface area contributed by atoms with Gasteiger partial charge in [0.1, 0.15) is 17.1 Å². The van der Waals surface area contributed by atoms with Crippen LogP contribution in [-0.4, -0.2) is 42.7 Å². The van der Waals surface area contributed by atoms with Crippen LogP contribution >= 0.6 is 0 Å². The molecule has 0 fully saturated rings. The van der Waals surface area contributed by atoms with Crippen LogP contribution in [0.2, 0.25) is 0 Å². The molecule has 218 valence electrons. The minimum Gasteiger partial charge on any atom is -0.493 e. The molecule has 3 rings (SSSR count). The van der Waals surface area contributed by atoms with Gasteiger partial charge in [0.2, 0.25) is 0 Å². The summed E-state index contributed by atoms with van der Waals surface area (Å²) in [6.45, 7) is 5.16. The van der Waals surface area contributed by atoms with Crippen LogP contribution in [0.25, 0.3) is 22.3 Å². The van der Waals surface area contributed by atoms with Crippen molar-refractivity contribution in [3.8, 4) is 17.1 Å². The topological polar surface area (TPSA) is 80.0 Å². The first kappa shape index (κ1) is 31.0. The van der Waals surface area contributed by atoms with Crippen LogP contribution in [0.3, 0.4) is 0 Å². The number of pyridine rings is 1. The molecule has 13 heteroatoms. The van der Waals surface area contributed by atoms with Crippen molar-refractivity contribution < 1.29 is 54.5 Å². The average Bonchev–Trinajstić information content (AvgIpc) is 3.29. The first-order valence-corrected chi connectivity index (χ1v) is 12.2. The van der Waals surface area contributed by atoms with Crippen molar-refractivity contribution in [1.29, 1.82) is 0 Å². The van der Waals surface area contributed by atoms with E-state index in [1.54, 1.807) is 12.1 Å². The number of carbonyl (C=O) groups excluding carboxylic acids is 1. The van der Waals surface area contributed by atoms with Crippen LogP contribution in [0.5, 0.6) is 5.75 Å². The summed E-state index contributed by atoms with van der Waals surface area (Å²) in [6, 6.07) is 10.1. The molecule has 2 aromatic heterocycles. The quantitative estimate of drug-likeness (QED) is 0.0816. The predicted molar refractivity (Wildman–Crippen MR) is 131 cm³/mol. The maximum absolute atomic E-state index is 14.0. The molecular weight excluding hydrogens is 548 g/mol. The Labute approximate surface area is 225 Å². The molecule has 0 saturated carbocycles. The van der Waals surface area contributed by atoms with Gasteiger partial charge in [-0.15, -0.1) is 8.78 Å². The maximum atomic E-state index is 14.0. The molecule has 0 aliphatic carbocycles. The van der Waals surface area contributed by atoms with Crippen LogP contribution in [-0.2, 0) is 31.8 Å². The highest BCUT2D eigenvalue weighted by Crippen LogP contribution is 2.36. The summed E-state index contributed by atoms with van der Waals surface area (Å²) in [6.07, 6.45) is -15.4. The molecular formula is C27H27F6NO6. The lowest BCUT2D eigenvalue weighted by Crippen LogP contribution is -2.41. The van der Waals surface area contributed by atoms with Gasteiger partial charge in [0.05, 0.1) is 31.7 Å². The van der Waals surface area contributed by atoms with E-state index in [4.69, 9.17) is 9.15 Å². The number of nitrogens with zero attached hydrogens (tertiary/aromatic N) is 1. The number of ether oxygens (including phenoxy) is 4. The van der Waals surface area contributed by atoms with Gasteiger partial charge in [-0.1, -0.05) is 20.4 Å². The molecule has 0 N–H and O–H groups in total. The molecule has 0 spiro atoms. The Balaban J connectivity index is 1.58. The summed E-state index contributed by atoms with van der Waals surface area (Å²) in [7, 11) is 0. The van der Waals surface area contributed by atoms with Gasteiger partial charge in [-0.05, 0) is 43.2 Å². The molecule has 0 atom stereocenters. The minimum atomic E-state index is -5.36. The smallest absolute Gasteiger partial charge is 0.493 e. The SMILES string of the molecule is C=CC(=O)OCCC(F)(F)OC(F)(F)OC(F)(F)CCOc1ccc2cc(-c3ccc(CC)nc3CC)oc2c1. The predicted octanol–water partition coefficient (Wildman–Crippen LogP) is 7.28. The number of fused-ring (bicyclic) bond motifs is 1. The summed E-state index contributed by atoms with van der Waals surface area (Å²) in [5.41, 5.74) is 2.99. The molecule has 3 aromatic rings. The van der Waals surface area contributed by atoms with Crippen molar-refractivity contribution in [3.05, 3.63) is 60.4 Å². The molecule has 0 saturated heterocycles. The fourth-order valence-corrected chi connectivity index (χ4v) is 3.56. The van der Waals surface area contributed by atoms with E-state index in [1.807, 2.05) is 26.0 Å². The van der Waals surface area contributed by atoms with Crippen molar-refractivity contribution in [2.24, 2.45) is 0 Å². The Morgan fingerprint density at radius 3 is 2.25 bits per heavy atom. The van der Waals surface area contributed by atoms with Gasteiger partial charge in [-0.3, -0.25) is 4.98 Å². The highest BCUT2D eigenvalue weighted by molar-refractivity contribution is 5.84. The van der Waals surface area contributed by atoms with Gasteiger partial charge >= 0.3 is 24.5 Å². The van der Waals surface area contributed by atoms with E-state index in [2.05, 4.69) is 25.8 Å². The number of hydrogen-bond acceptors (Lipinski definition) is 7. The van der Waals surface area contributed by atoms with E-state index in [-0.39, 0.29) is 5.75 Å². The van der Waals surface area contributed by atoms with E-state index >= 15 is 0 Å². The van der Waals surface area contributed by atoms with Crippen molar-refractivity contribution in [2.75, 3.05) is 13.2 Å². The number of esters is 1. The Morgan fingerprint density at radius 1 is 0.950 bits per heavy atom. The number of alkyl halides is 6. The van der Waals surface area contributed by atoms with E-state index in [1.165, 1.54) is 12.1 Å². The highest BCUT2D eigenvalue weighted by Gasteiger charge is 2.52. The van der Waals surface area contributed by atoms with Gasteiger partial charge in [0.15, 0.2) is 0 Å². The van der Waals surface area contributed by atoms with Crippen LogP contribution in [0.1, 0.15) is 38.1 Å². The molecule has 1 aromatic carbocycles. The standard InChI is InChI=1S/C27H27F6NO6/c1-4-18-8-10-20(21(5-2)34-18)23-15-17-7-9-19(16-22(17)38-23)36-13-11-25(28,29)39-27(32,33)40-26(30,31)12-14-37-24(35)6-3/h6-10,15-16H,3-5,11-14H2,1-2H3. The molecule has 0 aliphatic rings. The lowest BCUT2D eigenvalue weighted by atomic mass is 10.1. The zero-order valence-corrected chi connectivity index (χ0v) is 21.7. The van der Waals surface area contributed by atoms with E-state index < -0.39 is 50.5 Å². The third-order valence-electron chi connectivity index (χ3n) is 5.49. The largest absolute Gasteiger partial charge is 0.494 e. The number of benzene rings is 1. The Bertz CT molecular complexity index is 1330. The van der Waals surface area contributed by atoms with Gasteiger partial charge in [0.25, 0.3) is 0 Å². The maximum Gasteiger partial charge on any atom is 0.494 e. The highest BCUT2D eigenvalue weighted by atomic mass is 19.3. The second-order valence-electron chi connectivity index (χ2n) is 8.48. The Morgan fingerprint density at radius 2 is 1.62 bits per heavy atom. The molecule has 0 aliphatic heterocycles. The van der Waals surface area contributed by atoms with Crippen molar-refractivity contribution in [1.82, 2.24) is 4.98 Å². The Kier molecular flexibility index (Phi) is 9.85. The second kappa shape index (κ2) is 12.7. The molecule has 40 heavy (non-hydrogen) atoms. The second-order valence-corrected chi connectivity index (χ2v) is 8.48.